The summed E-state index contributed by atoms with van der Waals surface area (Å²) in [5.41, 5.74) is 2.67. The number of nitrogens with one attached hydrogen (secondary N) is 2. The van der Waals surface area contributed by atoms with E-state index in [1.807, 2.05) is 12.1 Å². The van der Waals surface area contributed by atoms with E-state index in [0.29, 0.717) is 22.4 Å². The van der Waals surface area contributed by atoms with Gasteiger partial charge in [0.25, 0.3) is 5.91 Å². The molecular formula is C29H23F4N3O3. The first kappa shape index (κ1) is 27.3. The van der Waals surface area contributed by atoms with Gasteiger partial charge in [-0.25, -0.2) is 4.39 Å². The summed E-state index contributed by atoms with van der Waals surface area (Å²) in [6.45, 7) is 0.120. The van der Waals surface area contributed by atoms with Crippen molar-refractivity contribution >= 4 is 17.6 Å². The Kier molecular flexibility index (Phi) is 8.24. The van der Waals surface area contributed by atoms with Crippen molar-refractivity contribution in [3.05, 3.63) is 108 Å². The van der Waals surface area contributed by atoms with Crippen molar-refractivity contribution < 1.29 is 32.3 Å². The predicted molar refractivity (Wildman–Crippen MR) is 138 cm³/mol. The number of carbonyl (C=O) groups excluding carboxylic acids is 1. The molecule has 4 rings (SSSR count). The topological polar surface area (TPSA) is 91.3 Å². The average molecular weight is 538 g/mol. The molecule has 3 aromatic carbocycles. The molecule has 200 valence electrons. The standard InChI is InChI=1S/C29H23F4N3O3/c30-23-3-1-2-19(14-23)18-5-9-24(10-6-18)35-16-20-4-8-22(29(31,32)33)15-25(20)21-7-11-26(36-17-21)28(39)34-13-12-27(37)38/h1-11,14-15,17,35H,12-13,16H2,(H,34,39)(H,37,38). The quantitative estimate of drug-likeness (QED) is 0.215. The van der Waals surface area contributed by atoms with E-state index in [0.717, 1.165) is 23.3 Å². The van der Waals surface area contributed by atoms with Gasteiger partial charge in [-0.2, -0.15) is 13.2 Å². The lowest BCUT2D eigenvalue weighted by Crippen LogP contribution is -2.26. The molecule has 1 heterocycles. The summed E-state index contributed by atoms with van der Waals surface area (Å²) in [6, 6.07) is 19.7. The van der Waals surface area contributed by atoms with Crippen LogP contribution in [0.2, 0.25) is 0 Å². The summed E-state index contributed by atoms with van der Waals surface area (Å²) >= 11 is 0. The van der Waals surface area contributed by atoms with Crippen molar-refractivity contribution in [2.45, 2.75) is 19.1 Å². The van der Waals surface area contributed by atoms with Crippen LogP contribution in [0.25, 0.3) is 22.3 Å². The number of nitrogens with zero attached hydrogens (tertiary/aromatic N) is 1. The summed E-state index contributed by atoms with van der Waals surface area (Å²) in [7, 11) is 0. The number of anilines is 1. The molecular weight excluding hydrogens is 514 g/mol. The van der Waals surface area contributed by atoms with Crippen LogP contribution in [-0.2, 0) is 17.5 Å². The molecule has 0 bridgehead atoms. The van der Waals surface area contributed by atoms with Crippen molar-refractivity contribution in [2.75, 3.05) is 11.9 Å². The second-order valence-electron chi connectivity index (χ2n) is 8.64. The normalized spacial score (nSPS) is 11.2. The van der Waals surface area contributed by atoms with Gasteiger partial charge in [-0.05, 0) is 64.7 Å². The van der Waals surface area contributed by atoms with Gasteiger partial charge < -0.3 is 15.7 Å². The maximum Gasteiger partial charge on any atom is 0.416 e. The third-order valence-electron chi connectivity index (χ3n) is 5.89. The number of rotatable bonds is 9. The van der Waals surface area contributed by atoms with E-state index in [2.05, 4.69) is 15.6 Å². The number of aliphatic carboxylic acids is 1. The molecule has 39 heavy (non-hydrogen) atoms. The Hall–Kier alpha value is -4.73. The Balaban J connectivity index is 1.53. The number of carboxylic acids is 1. The van der Waals surface area contributed by atoms with Crippen LogP contribution in [0.5, 0.6) is 0 Å². The van der Waals surface area contributed by atoms with Crippen LogP contribution in [0.4, 0.5) is 23.2 Å². The number of halogens is 4. The highest BCUT2D eigenvalue weighted by Gasteiger charge is 2.31. The smallest absolute Gasteiger partial charge is 0.416 e. The summed E-state index contributed by atoms with van der Waals surface area (Å²) in [6.07, 6.45) is -3.50. The Labute approximate surface area is 221 Å². The molecule has 0 saturated heterocycles. The highest BCUT2D eigenvalue weighted by atomic mass is 19.4. The van der Waals surface area contributed by atoms with Gasteiger partial charge in [0.15, 0.2) is 0 Å². The first-order chi connectivity index (χ1) is 18.6. The monoisotopic (exact) mass is 537 g/mol. The number of carboxylic acid groups (broad SMARTS) is 1. The van der Waals surface area contributed by atoms with E-state index in [-0.39, 0.29) is 31.0 Å². The summed E-state index contributed by atoms with van der Waals surface area (Å²) in [4.78, 5) is 26.8. The average Bonchev–Trinajstić information content (AvgIpc) is 2.91. The summed E-state index contributed by atoms with van der Waals surface area (Å²) in [5.74, 6) is -1.99. The van der Waals surface area contributed by atoms with Crippen LogP contribution < -0.4 is 10.6 Å². The molecule has 4 aromatic rings. The van der Waals surface area contributed by atoms with Crippen LogP contribution >= 0.6 is 0 Å². The van der Waals surface area contributed by atoms with E-state index in [1.165, 1.54) is 36.5 Å². The molecule has 0 radical (unpaired) electrons. The lowest BCUT2D eigenvalue weighted by molar-refractivity contribution is -0.138. The van der Waals surface area contributed by atoms with E-state index in [9.17, 15) is 27.2 Å². The number of carbonyl (C=O) groups is 2. The van der Waals surface area contributed by atoms with Gasteiger partial charge in [0, 0.05) is 30.5 Å². The number of benzene rings is 3. The van der Waals surface area contributed by atoms with Crippen molar-refractivity contribution in [3.63, 3.8) is 0 Å². The highest BCUT2D eigenvalue weighted by molar-refractivity contribution is 5.92. The van der Waals surface area contributed by atoms with Crippen molar-refractivity contribution in [1.29, 1.82) is 0 Å². The van der Waals surface area contributed by atoms with Crippen LogP contribution in [0.3, 0.4) is 0 Å². The second kappa shape index (κ2) is 11.8. The Morgan fingerprint density at radius 1 is 0.872 bits per heavy atom. The Bertz CT molecular complexity index is 1470. The van der Waals surface area contributed by atoms with Gasteiger partial charge >= 0.3 is 12.1 Å². The Morgan fingerprint density at radius 2 is 1.62 bits per heavy atom. The number of hydrogen-bond acceptors (Lipinski definition) is 4. The minimum Gasteiger partial charge on any atom is -0.481 e. The second-order valence-corrected chi connectivity index (χ2v) is 8.64. The molecule has 0 unspecified atom stereocenters. The van der Waals surface area contributed by atoms with Gasteiger partial charge in [-0.15, -0.1) is 0 Å². The van der Waals surface area contributed by atoms with Gasteiger partial charge in [-0.3, -0.25) is 14.6 Å². The SMILES string of the molecule is O=C(O)CCNC(=O)c1ccc(-c2cc(C(F)(F)F)ccc2CNc2ccc(-c3cccc(F)c3)cc2)cn1. The molecule has 0 aliphatic carbocycles. The fourth-order valence-corrected chi connectivity index (χ4v) is 3.88. The van der Waals surface area contributed by atoms with Crippen LogP contribution in [0.15, 0.2) is 85.1 Å². The molecule has 1 amide bonds. The predicted octanol–water partition coefficient (Wildman–Crippen LogP) is 6.39. The molecule has 0 fully saturated rings. The Morgan fingerprint density at radius 3 is 2.26 bits per heavy atom. The number of aromatic nitrogens is 1. The van der Waals surface area contributed by atoms with Crippen LogP contribution in [0.1, 0.15) is 28.0 Å². The molecule has 0 atom stereocenters. The van der Waals surface area contributed by atoms with Crippen LogP contribution in [-0.4, -0.2) is 28.5 Å². The number of hydrogen-bond donors (Lipinski definition) is 3. The van der Waals surface area contributed by atoms with Gasteiger partial charge in [0.2, 0.25) is 0 Å². The van der Waals surface area contributed by atoms with Crippen molar-refractivity contribution in [1.82, 2.24) is 10.3 Å². The van der Waals surface area contributed by atoms with E-state index >= 15 is 0 Å². The van der Waals surface area contributed by atoms with Gasteiger partial charge in [-0.1, -0.05) is 36.4 Å². The van der Waals surface area contributed by atoms with Gasteiger partial charge in [0.1, 0.15) is 11.5 Å². The lowest BCUT2D eigenvalue weighted by Gasteiger charge is -2.15. The summed E-state index contributed by atoms with van der Waals surface area (Å²) in [5, 5.41) is 14.3. The fraction of sp³-hybridized carbons (Fsp3) is 0.138. The lowest BCUT2D eigenvalue weighted by atomic mass is 9.97. The number of alkyl halides is 3. The van der Waals surface area contributed by atoms with E-state index < -0.39 is 23.6 Å². The highest BCUT2D eigenvalue weighted by Crippen LogP contribution is 2.34. The molecule has 0 aliphatic heterocycles. The minimum atomic E-state index is -4.55. The van der Waals surface area contributed by atoms with E-state index in [4.69, 9.17) is 5.11 Å². The molecule has 1 aromatic heterocycles. The third kappa shape index (κ3) is 7.19. The van der Waals surface area contributed by atoms with Crippen LogP contribution in [0, 0.1) is 5.82 Å². The summed E-state index contributed by atoms with van der Waals surface area (Å²) < 4.78 is 53.9. The molecule has 0 saturated carbocycles. The van der Waals surface area contributed by atoms with Crippen molar-refractivity contribution in [3.8, 4) is 22.3 Å². The van der Waals surface area contributed by atoms with Gasteiger partial charge in [0.05, 0.1) is 12.0 Å². The molecule has 6 nitrogen and oxygen atoms in total. The maximum atomic E-state index is 13.5. The maximum absolute atomic E-state index is 13.5. The third-order valence-corrected chi connectivity index (χ3v) is 5.89. The van der Waals surface area contributed by atoms with E-state index in [1.54, 1.807) is 24.3 Å². The molecule has 0 aliphatic rings. The van der Waals surface area contributed by atoms with Crippen molar-refractivity contribution in [2.24, 2.45) is 0 Å². The number of amides is 1. The molecule has 10 heteroatoms. The molecule has 0 spiro atoms. The first-order valence-electron chi connectivity index (χ1n) is 11.9. The zero-order valence-corrected chi connectivity index (χ0v) is 20.4. The first-order valence-corrected chi connectivity index (χ1v) is 11.9. The zero-order valence-electron chi connectivity index (χ0n) is 20.4. The largest absolute Gasteiger partial charge is 0.481 e. The molecule has 3 N–H and O–H groups in total. The number of pyridine rings is 1. The zero-order chi connectivity index (χ0) is 28.0. The fourth-order valence-electron chi connectivity index (χ4n) is 3.88. The minimum absolute atomic E-state index is 0.00850.